The monoisotopic (exact) mass is 226 g/mol. The van der Waals surface area contributed by atoms with Crippen LogP contribution in [-0.2, 0) is 20.5 Å². The first-order chi connectivity index (χ1) is 7.21. The van der Waals surface area contributed by atoms with Crippen LogP contribution in [-0.4, -0.2) is 36.6 Å². The Hall–Kier alpha value is -1.11. The molecule has 0 aromatic rings. The summed E-state index contributed by atoms with van der Waals surface area (Å²) in [7, 11) is 1.57. The molecule has 2 rings (SSSR count). The van der Waals surface area contributed by atoms with Gasteiger partial charge in [0.15, 0.2) is 11.0 Å². The number of hydrogen-bond acceptors (Lipinski definition) is 4. The lowest BCUT2D eigenvalue weighted by Gasteiger charge is -2.27. The van der Waals surface area contributed by atoms with Crippen molar-refractivity contribution in [2.24, 2.45) is 9.39 Å². The quantitative estimate of drug-likeness (QED) is 0.647. The lowest BCUT2D eigenvalue weighted by atomic mass is 10.2. The highest BCUT2D eigenvalue weighted by Gasteiger charge is 2.32. The maximum Gasteiger partial charge on any atom is 0.226 e. The molecule has 0 N–H and O–H groups in total. The van der Waals surface area contributed by atoms with E-state index in [0.29, 0.717) is 10.6 Å². The van der Waals surface area contributed by atoms with Gasteiger partial charge in [0.1, 0.15) is 0 Å². The molecule has 0 bridgehead atoms. The van der Waals surface area contributed by atoms with E-state index in [1.165, 1.54) is 26.6 Å². The molecule has 1 atom stereocenters. The van der Waals surface area contributed by atoms with E-state index in [1.807, 2.05) is 0 Å². The van der Waals surface area contributed by atoms with E-state index >= 15 is 0 Å². The smallest absolute Gasteiger partial charge is 0.226 e. The van der Waals surface area contributed by atoms with Gasteiger partial charge < -0.3 is 9.47 Å². The number of nitrogens with zero attached hydrogens (tertiary/aromatic N) is 2. The second-order valence-corrected chi connectivity index (χ2v) is 4.10. The summed E-state index contributed by atoms with van der Waals surface area (Å²) in [5.74, 6) is -1.03. The van der Waals surface area contributed by atoms with Gasteiger partial charge in [-0.2, -0.15) is 4.40 Å². The number of methoxy groups -OCH3 is 2. The maximum absolute atomic E-state index is 11.6. The first-order valence-electron chi connectivity index (χ1n) is 4.26. The summed E-state index contributed by atoms with van der Waals surface area (Å²) < 4.78 is 25.7. The summed E-state index contributed by atoms with van der Waals surface area (Å²) in [6.45, 7) is 0. The van der Waals surface area contributed by atoms with Crippen LogP contribution in [0.5, 0.6) is 0 Å². The summed E-state index contributed by atoms with van der Waals surface area (Å²) in [6, 6.07) is 0. The van der Waals surface area contributed by atoms with Gasteiger partial charge in [-0.25, -0.2) is 4.21 Å². The van der Waals surface area contributed by atoms with Gasteiger partial charge in [0.25, 0.3) is 0 Å². The Labute approximate surface area is 89.8 Å². The van der Waals surface area contributed by atoms with Crippen molar-refractivity contribution >= 4 is 23.4 Å². The lowest BCUT2D eigenvalue weighted by Crippen LogP contribution is -2.36. The first kappa shape index (κ1) is 10.4. The highest BCUT2D eigenvalue weighted by molar-refractivity contribution is 7.88. The van der Waals surface area contributed by atoms with E-state index < -0.39 is 16.8 Å². The third-order valence-corrected chi connectivity index (χ3v) is 3.20. The zero-order valence-electron chi connectivity index (χ0n) is 8.34. The van der Waals surface area contributed by atoms with Gasteiger partial charge in [0.2, 0.25) is 5.79 Å². The van der Waals surface area contributed by atoms with Crippen molar-refractivity contribution < 1.29 is 13.7 Å². The van der Waals surface area contributed by atoms with Crippen LogP contribution >= 0.6 is 0 Å². The topological polar surface area (TPSA) is 60.2 Å². The van der Waals surface area contributed by atoms with Crippen molar-refractivity contribution in [3.8, 4) is 0 Å². The van der Waals surface area contributed by atoms with E-state index in [0.717, 1.165) is 0 Å². The van der Waals surface area contributed by atoms with Crippen LogP contribution in [0.1, 0.15) is 0 Å². The van der Waals surface area contributed by atoms with Crippen LogP contribution in [0.2, 0.25) is 0 Å². The Balaban J connectivity index is 2.45. The number of ether oxygens (including phenoxy) is 2. The molecular weight excluding hydrogens is 216 g/mol. The molecule has 2 aliphatic heterocycles. The average molecular weight is 226 g/mol. The Morgan fingerprint density at radius 2 is 2.13 bits per heavy atom. The Bertz CT molecular complexity index is 419. The minimum Gasteiger partial charge on any atom is -0.345 e. The number of aliphatic imine (C=N–C) groups is 1. The van der Waals surface area contributed by atoms with E-state index in [1.54, 1.807) is 12.2 Å². The lowest BCUT2D eigenvalue weighted by molar-refractivity contribution is -0.114. The molecule has 0 radical (unpaired) electrons. The number of fused-ring (bicyclic) bond motifs is 1. The van der Waals surface area contributed by atoms with Gasteiger partial charge in [-0.05, 0) is 6.08 Å². The second-order valence-electron chi connectivity index (χ2n) is 2.95. The van der Waals surface area contributed by atoms with Gasteiger partial charge >= 0.3 is 0 Å². The molecule has 15 heavy (non-hydrogen) atoms. The summed E-state index contributed by atoms with van der Waals surface area (Å²) in [6.07, 6.45) is 6.32. The highest BCUT2D eigenvalue weighted by Crippen LogP contribution is 2.28. The Morgan fingerprint density at radius 3 is 2.80 bits per heavy atom. The molecule has 0 amide bonds. The van der Waals surface area contributed by atoms with Crippen LogP contribution in [0.4, 0.5) is 0 Å². The minimum atomic E-state index is -1.42. The summed E-state index contributed by atoms with van der Waals surface area (Å²) in [5.41, 5.74) is 0.632. The molecule has 0 aromatic heterocycles. The fraction of sp³-hybridized carbons (Fsp3) is 0.333. The highest BCUT2D eigenvalue weighted by atomic mass is 32.2. The predicted octanol–water partition coefficient (Wildman–Crippen LogP) is 0.576. The molecule has 0 fully saturated rings. The van der Waals surface area contributed by atoms with Gasteiger partial charge in [-0.1, -0.05) is 0 Å². The van der Waals surface area contributed by atoms with E-state index in [2.05, 4.69) is 9.39 Å². The second kappa shape index (κ2) is 3.80. The number of hydrogen-bond donors (Lipinski definition) is 0. The van der Waals surface area contributed by atoms with Crippen molar-refractivity contribution in [1.82, 2.24) is 0 Å². The molecule has 6 heteroatoms. The minimum absolute atomic E-state index is 0.517. The number of dihydropyridines is 1. The van der Waals surface area contributed by atoms with E-state index in [4.69, 9.17) is 9.47 Å². The molecule has 80 valence electrons. The molecule has 2 aliphatic rings. The van der Waals surface area contributed by atoms with Crippen LogP contribution in [0.3, 0.4) is 0 Å². The van der Waals surface area contributed by atoms with Gasteiger partial charge in [0.05, 0.1) is 16.8 Å². The summed E-state index contributed by atoms with van der Waals surface area (Å²) in [4.78, 5) is 4.65. The van der Waals surface area contributed by atoms with Crippen LogP contribution in [0, 0.1) is 0 Å². The van der Waals surface area contributed by atoms with Crippen molar-refractivity contribution in [2.45, 2.75) is 5.79 Å². The number of rotatable bonds is 2. The molecule has 2 heterocycles. The zero-order valence-corrected chi connectivity index (χ0v) is 9.15. The van der Waals surface area contributed by atoms with Crippen molar-refractivity contribution in [1.29, 1.82) is 0 Å². The fourth-order valence-electron chi connectivity index (χ4n) is 1.30. The molecule has 0 saturated carbocycles. The molecular formula is C9H10N2O3S. The predicted molar refractivity (Wildman–Crippen MR) is 58.0 cm³/mol. The molecule has 0 spiro atoms. The largest absolute Gasteiger partial charge is 0.345 e. The first-order valence-corrected chi connectivity index (χ1v) is 5.36. The normalized spacial score (nSPS) is 26.9. The van der Waals surface area contributed by atoms with Gasteiger partial charge in [-0.15, -0.1) is 0 Å². The molecule has 0 saturated heterocycles. The maximum atomic E-state index is 11.6. The van der Waals surface area contributed by atoms with Crippen LogP contribution < -0.4 is 0 Å². The van der Waals surface area contributed by atoms with Gasteiger partial charge in [-0.3, -0.25) is 4.99 Å². The van der Waals surface area contributed by atoms with Crippen molar-refractivity contribution in [2.75, 3.05) is 14.2 Å². The van der Waals surface area contributed by atoms with Crippen LogP contribution in [0.15, 0.2) is 32.1 Å². The summed E-state index contributed by atoms with van der Waals surface area (Å²) in [5, 5.41) is 0. The Morgan fingerprint density at radius 1 is 1.40 bits per heavy atom. The SMILES string of the molecule is COC1(OC)C=NC2=CC=NS(=O)C2=C1. The van der Waals surface area contributed by atoms with E-state index in [-0.39, 0.29) is 0 Å². The average Bonchev–Trinajstić information content (AvgIpc) is 2.29. The van der Waals surface area contributed by atoms with Crippen LogP contribution in [0.25, 0.3) is 0 Å². The number of allylic oxidation sites excluding steroid dienone is 1. The van der Waals surface area contributed by atoms with E-state index in [9.17, 15) is 4.21 Å². The molecule has 5 nitrogen and oxygen atoms in total. The molecule has 0 aromatic carbocycles. The third-order valence-electron chi connectivity index (χ3n) is 2.18. The van der Waals surface area contributed by atoms with Crippen molar-refractivity contribution in [3.05, 3.63) is 22.8 Å². The Kier molecular flexibility index (Phi) is 2.64. The third kappa shape index (κ3) is 1.71. The fourth-order valence-corrected chi connectivity index (χ4v) is 2.15. The molecule has 0 aliphatic carbocycles. The standard InChI is InChI=1S/C9H10N2O3S/c1-13-9(14-2)5-8-7(10-6-9)3-4-11-15(8)12/h3-6H,1-2H3. The van der Waals surface area contributed by atoms with Gasteiger partial charge in [0, 0.05) is 26.5 Å². The zero-order chi connectivity index (χ0) is 10.9. The summed E-state index contributed by atoms with van der Waals surface area (Å²) >= 11 is 0. The van der Waals surface area contributed by atoms with Crippen molar-refractivity contribution in [3.63, 3.8) is 0 Å². The molecule has 1 unspecified atom stereocenters.